The fourth-order valence-corrected chi connectivity index (χ4v) is 5.55. The highest BCUT2D eigenvalue weighted by Crippen LogP contribution is 2.40. The number of halogens is 1. The number of carbonyl (C=O) groups is 2. The maximum atomic E-state index is 13.2. The first-order valence-corrected chi connectivity index (χ1v) is 12.5. The average molecular weight is 518 g/mol. The first-order chi connectivity index (χ1) is 17.7. The molecule has 0 aliphatic carbocycles. The molecular formula is C27H24FN5O3S. The third-order valence-electron chi connectivity index (χ3n) is 6.57. The molecule has 37 heavy (non-hydrogen) atoms. The van der Waals surface area contributed by atoms with Crippen LogP contribution >= 0.6 is 11.3 Å². The third kappa shape index (κ3) is 4.33. The molecule has 1 aliphatic heterocycles. The maximum Gasteiger partial charge on any atom is 0.308 e. The summed E-state index contributed by atoms with van der Waals surface area (Å²) in [4.78, 5) is 30.6. The molecular weight excluding hydrogens is 493 g/mol. The van der Waals surface area contributed by atoms with Gasteiger partial charge in [-0.15, -0.1) is 21.5 Å². The molecule has 0 saturated heterocycles. The Hall–Kier alpha value is -4.18. The van der Waals surface area contributed by atoms with Gasteiger partial charge < -0.3 is 10.4 Å². The Labute approximate surface area is 216 Å². The molecule has 8 nitrogen and oxygen atoms in total. The van der Waals surface area contributed by atoms with Gasteiger partial charge in [-0.1, -0.05) is 12.1 Å². The van der Waals surface area contributed by atoms with Crippen LogP contribution < -0.4 is 5.32 Å². The molecule has 4 aromatic rings. The second-order valence-electron chi connectivity index (χ2n) is 8.99. The van der Waals surface area contributed by atoms with E-state index in [0.717, 1.165) is 26.6 Å². The van der Waals surface area contributed by atoms with Gasteiger partial charge in [0.15, 0.2) is 5.82 Å². The number of nitrogens with one attached hydrogen (secondary N) is 1. The van der Waals surface area contributed by atoms with E-state index >= 15 is 0 Å². The van der Waals surface area contributed by atoms with Crippen LogP contribution in [-0.2, 0) is 4.79 Å². The minimum Gasteiger partial charge on any atom is -0.481 e. The van der Waals surface area contributed by atoms with Crippen LogP contribution in [0, 0.1) is 32.5 Å². The number of aryl methyl sites for hydroxylation is 2. The molecule has 0 radical (unpaired) electrons. The number of nitrogens with zero attached hydrogens (tertiary/aromatic N) is 4. The second kappa shape index (κ2) is 9.36. The number of amides is 1. The van der Waals surface area contributed by atoms with Crippen molar-refractivity contribution in [2.24, 2.45) is 10.9 Å². The summed E-state index contributed by atoms with van der Waals surface area (Å²) in [6, 6.07) is 11.8. The highest BCUT2D eigenvalue weighted by atomic mass is 32.1. The van der Waals surface area contributed by atoms with E-state index in [9.17, 15) is 19.1 Å². The molecule has 1 aliphatic rings. The molecule has 10 heteroatoms. The van der Waals surface area contributed by atoms with Crippen molar-refractivity contribution < 1.29 is 19.1 Å². The Balaban J connectivity index is 1.57. The molecule has 0 fully saturated rings. The quantitative estimate of drug-likeness (QED) is 0.375. The number of benzene rings is 2. The van der Waals surface area contributed by atoms with E-state index in [0.29, 0.717) is 28.6 Å². The van der Waals surface area contributed by atoms with Crippen LogP contribution in [0.4, 0.5) is 10.1 Å². The Morgan fingerprint density at radius 2 is 1.73 bits per heavy atom. The van der Waals surface area contributed by atoms with Gasteiger partial charge in [0.1, 0.15) is 22.7 Å². The summed E-state index contributed by atoms with van der Waals surface area (Å²) in [5.74, 6) is -1.41. The highest BCUT2D eigenvalue weighted by Gasteiger charge is 2.36. The Kier molecular flexibility index (Phi) is 6.20. The largest absolute Gasteiger partial charge is 0.481 e. The van der Waals surface area contributed by atoms with Gasteiger partial charge in [-0.3, -0.25) is 19.1 Å². The van der Waals surface area contributed by atoms with Crippen molar-refractivity contribution in [3.63, 3.8) is 0 Å². The molecule has 1 amide bonds. The second-order valence-corrected chi connectivity index (χ2v) is 10.2. The summed E-state index contributed by atoms with van der Waals surface area (Å²) in [6.45, 7) is 7.53. The minimum atomic E-state index is -0.975. The summed E-state index contributed by atoms with van der Waals surface area (Å²) < 4.78 is 15.1. The number of anilines is 1. The molecule has 0 bridgehead atoms. The van der Waals surface area contributed by atoms with E-state index in [4.69, 9.17) is 4.99 Å². The molecule has 188 valence electrons. The molecule has 0 saturated carbocycles. The SMILES string of the molecule is Cc1sc2c(c1C)C(c1ccc(NC(=O)c3ccc(F)cc3)cc1)=N[C@@H](C(C)C(=O)O)c1nnc(C)n1-2. The number of fused-ring (bicyclic) bond motifs is 3. The van der Waals surface area contributed by atoms with Crippen molar-refractivity contribution in [2.45, 2.75) is 33.7 Å². The zero-order valence-corrected chi connectivity index (χ0v) is 21.4. The van der Waals surface area contributed by atoms with Gasteiger partial charge in [-0.25, -0.2) is 4.39 Å². The van der Waals surface area contributed by atoms with Gasteiger partial charge in [0.25, 0.3) is 5.91 Å². The monoisotopic (exact) mass is 517 g/mol. The van der Waals surface area contributed by atoms with Crippen LogP contribution in [0.1, 0.15) is 56.5 Å². The smallest absolute Gasteiger partial charge is 0.308 e. The van der Waals surface area contributed by atoms with Gasteiger partial charge in [0.05, 0.1) is 11.6 Å². The lowest BCUT2D eigenvalue weighted by Crippen LogP contribution is -2.21. The van der Waals surface area contributed by atoms with E-state index in [2.05, 4.69) is 15.5 Å². The molecule has 2 atom stereocenters. The summed E-state index contributed by atoms with van der Waals surface area (Å²) in [5, 5.41) is 22.1. The molecule has 2 N–H and O–H groups in total. The van der Waals surface area contributed by atoms with Crippen molar-refractivity contribution in [2.75, 3.05) is 5.32 Å². The molecule has 1 unspecified atom stereocenters. The normalized spacial score (nSPS) is 15.3. The number of aliphatic imine (C=N–C) groups is 1. The summed E-state index contributed by atoms with van der Waals surface area (Å²) >= 11 is 1.59. The van der Waals surface area contributed by atoms with Crippen molar-refractivity contribution in [3.8, 4) is 5.00 Å². The molecule has 3 heterocycles. The fraction of sp³-hybridized carbons (Fsp3) is 0.222. The third-order valence-corrected chi connectivity index (χ3v) is 7.77. The first kappa shape index (κ1) is 24.5. The minimum absolute atomic E-state index is 0.344. The fourth-order valence-electron chi connectivity index (χ4n) is 4.33. The number of carboxylic acids is 1. The Bertz CT molecular complexity index is 1550. The summed E-state index contributed by atoms with van der Waals surface area (Å²) in [7, 11) is 0. The zero-order chi connectivity index (χ0) is 26.4. The van der Waals surface area contributed by atoms with Crippen LogP contribution in [0.2, 0.25) is 0 Å². The predicted molar refractivity (Wildman–Crippen MR) is 139 cm³/mol. The van der Waals surface area contributed by atoms with E-state index in [1.165, 1.54) is 24.3 Å². The number of carboxylic acid groups (broad SMARTS) is 1. The number of rotatable bonds is 5. The summed E-state index contributed by atoms with van der Waals surface area (Å²) in [5.41, 5.74) is 4.31. The lowest BCUT2D eigenvalue weighted by molar-refractivity contribution is -0.141. The van der Waals surface area contributed by atoms with Crippen LogP contribution in [0.3, 0.4) is 0 Å². The van der Waals surface area contributed by atoms with E-state index in [-0.39, 0.29) is 5.91 Å². The first-order valence-electron chi connectivity index (χ1n) is 11.7. The van der Waals surface area contributed by atoms with Crippen molar-refractivity contribution >= 4 is 34.6 Å². The van der Waals surface area contributed by atoms with Crippen LogP contribution in [-0.4, -0.2) is 37.5 Å². The maximum absolute atomic E-state index is 13.2. The predicted octanol–water partition coefficient (Wildman–Crippen LogP) is 5.26. The Morgan fingerprint density at radius 1 is 1.05 bits per heavy atom. The van der Waals surface area contributed by atoms with E-state index < -0.39 is 23.7 Å². The lowest BCUT2D eigenvalue weighted by atomic mass is 9.98. The highest BCUT2D eigenvalue weighted by molar-refractivity contribution is 7.15. The Morgan fingerprint density at radius 3 is 2.38 bits per heavy atom. The van der Waals surface area contributed by atoms with Gasteiger partial charge in [0.2, 0.25) is 0 Å². The van der Waals surface area contributed by atoms with Crippen LogP contribution in [0.25, 0.3) is 5.00 Å². The topological polar surface area (TPSA) is 109 Å². The number of thiophene rings is 1. The molecule has 0 spiro atoms. The zero-order valence-electron chi connectivity index (χ0n) is 20.6. The summed E-state index contributed by atoms with van der Waals surface area (Å²) in [6.07, 6.45) is 0. The molecule has 2 aromatic heterocycles. The number of aliphatic carboxylic acids is 1. The lowest BCUT2D eigenvalue weighted by Gasteiger charge is -2.16. The number of carbonyl (C=O) groups excluding carboxylic acids is 1. The van der Waals surface area contributed by atoms with Gasteiger partial charge in [-0.2, -0.15) is 0 Å². The standard InChI is InChI=1S/C27H24FN5O3S/c1-13-15(3)37-26-21(13)23(30-22(14(2)27(35)36)24-32-31-16(4)33(24)26)17-7-11-20(12-8-17)29-25(34)18-5-9-19(28)10-6-18/h5-12,14,22H,1-4H3,(H,29,34)(H,35,36)/t14?,22-/m0/s1. The number of aromatic nitrogens is 3. The number of hydrogen-bond acceptors (Lipinski definition) is 6. The van der Waals surface area contributed by atoms with Crippen molar-refractivity contribution in [1.29, 1.82) is 0 Å². The molecule has 2 aromatic carbocycles. The van der Waals surface area contributed by atoms with Gasteiger partial charge in [-0.05, 0) is 69.7 Å². The number of hydrogen-bond donors (Lipinski definition) is 2. The van der Waals surface area contributed by atoms with Gasteiger partial charge in [0, 0.05) is 27.3 Å². The van der Waals surface area contributed by atoms with Crippen LogP contribution in [0.5, 0.6) is 0 Å². The van der Waals surface area contributed by atoms with E-state index in [1.807, 2.05) is 37.5 Å². The van der Waals surface area contributed by atoms with Crippen molar-refractivity contribution in [1.82, 2.24) is 14.8 Å². The van der Waals surface area contributed by atoms with Crippen LogP contribution in [0.15, 0.2) is 53.5 Å². The van der Waals surface area contributed by atoms with E-state index in [1.54, 1.807) is 30.4 Å². The average Bonchev–Trinajstić information content (AvgIpc) is 3.34. The van der Waals surface area contributed by atoms with Gasteiger partial charge >= 0.3 is 5.97 Å². The van der Waals surface area contributed by atoms with Crippen molar-refractivity contribution in [3.05, 3.63) is 93.1 Å². The molecule has 5 rings (SSSR count).